The van der Waals surface area contributed by atoms with Crippen LogP contribution in [0.4, 0.5) is 0 Å². The summed E-state index contributed by atoms with van der Waals surface area (Å²) in [5.74, 6) is 0. The minimum Gasteiger partial charge on any atom is -0.120 e. The molecule has 0 saturated carbocycles. The van der Waals surface area contributed by atoms with Crippen molar-refractivity contribution in [2.75, 3.05) is 0 Å². The van der Waals surface area contributed by atoms with Gasteiger partial charge in [0, 0.05) is 4.87 Å². The molecule has 2 heteroatoms. The molecule has 0 aliphatic carbocycles. The lowest BCUT2D eigenvalue weighted by Crippen LogP contribution is -1.99. The average Bonchev–Trinajstić information content (AvgIpc) is 0.722. The Balaban J connectivity index is 0. The van der Waals surface area contributed by atoms with Crippen LogP contribution in [-0.4, -0.2) is 4.87 Å². The van der Waals surface area contributed by atoms with Crippen LogP contribution in [0.25, 0.3) is 0 Å². The molecular weight excluding hydrogens is 163 g/mol. The van der Waals surface area contributed by atoms with Gasteiger partial charge in [0.15, 0.2) is 0 Å². The van der Waals surface area contributed by atoms with E-state index in [-0.39, 0.29) is 21.9 Å². The van der Waals surface area contributed by atoms with Gasteiger partial charge in [-0.3, -0.25) is 0 Å². The third-order valence-corrected chi connectivity index (χ3v) is 0. The molecule has 0 amide bonds. The van der Waals surface area contributed by atoms with Crippen molar-refractivity contribution in [3.05, 3.63) is 0 Å². The molecule has 0 atom stereocenters. The van der Waals surface area contributed by atoms with Crippen LogP contribution in [0.15, 0.2) is 0 Å². The quantitative estimate of drug-likeness (QED) is 0.494. The summed E-state index contributed by atoms with van der Waals surface area (Å²) in [6.07, 6.45) is 0. The summed E-state index contributed by atoms with van der Waals surface area (Å²) in [6.45, 7) is 5.86. The van der Waals surface area contributed by atoms with E-state index in [1.807, 2.05) is 20.8 Å². The lowest BCUT2D eigenvalue weighted by Gasteiger charge is -2.01. The van der Waals surface area contributed by atoms with Crippen LogP contribution in [0.2, 0.25) is 0 Å². The van der Waals surface area contributed by atoms with Gasteiger partial charge in [-0.1, -0.05) is 0 Å². The lowest BCUT2D eigenvalue weighted by atomic mass is 10.3. The first kappa shape index (κ1) is 9.91. The monoisotopic (exact) mass is 172 g/mol. The molecule has 0 aliphatic rings. The Kier molecular flexibility index (Phi) is 4.73. The van der Waals surface area contributed by atoms with Gasteiger partial charge in [0.1, 0.15) is 0 Å². The van der Waals surface area contributed by atoms with E-state index in [9.17, 15) is 0 Å². The highest BCUT2D eigenvalue weighted by Gasteiger charge is 1.99. The van der Waals surface area contributed by atoms with Crippen molar-refractivity contribution in [2.24, 2.45) is 0 Å². The zero-order chi connectivity index (χ0) is 4.50. The molecule has 0 aliphatic heterocycles. The first-order valence-corrected chi connectivity index (χ1v) is 2.07. The van der Waals surface area contributed by atoms with Crippen molar-refractivity contribution in [3.63, 3.8) is 0 Å². The van der Waals surface area contributed by atoms with Crippen molar-refractivity contribution < 1.29 is 0 Å². The summed E-state index contributed by atoms with van der Waals surface area (Å²) in [7, 11) is 0. The molecule has 0 heterocycles. The van der Waals surface area contributed by atoms with Gasteiger partial charge in [-0.25, -0.2) is 0 Å². The molecule has 0 nitrogen and oxygen atoms in total. The van der Waals surface area contributed by atoms with Crippen LogP contribution < -0.4 is 0 Å². The van der Waals surface area contributed by atoms with E-state index in [0.29, 0.717) is 0 Å². The minimum atomic E-state index is -0.0278. The van der Waals surface area contributed by atoms with Crippen molar-refractivity contribution in [3.8, 4) is 0 Å². The fourth-order valence-electron chi connectivity index (χ4n) is 0. The third-order valence-electron chi connectivity index (χ3n) is 0. The molecule has 0 aromatic heterocycles. The predicted octanol–water partition coefficient (Wildman–Crippen LogP) is 2.60. The van der Waals surface area contributed by atoms with E-state index in [1.165, 1.54) is 0 Å². The van der Waals surface area contributed by atoms with Gasteiger partial charge in [0.25, 0.3) is 0 Å². The van der Waals surface area contributed by atoms with E-state index in [1.54, 1.807) is 0 Å². The predicted molar refractivity (Wildman–Crippen MR) is 35.9 cm³/mol. The summed E-state index contributed by atoms with van der Waals surface area (Å²) in [5.41, 5.74) is 0. The topological polar surface area (TPSA) is 0 Å². The maximum atomic E-state index is 5.53. The molecule has 0 aromatic carbocycles. The molecule has 0 fully saturated rings. The maximum absolute atomic E-state index is 5.53. The molecule has 0 radical (unpaired) electrons. The summed E-state index contributed by atoms with van der Waals surface area (Å²) < 4.78 is 0. The molecule has 6 heavy (non-hydrogen) atoms. The van der Waals surface area contributed by atoms with Crippen LogP contribution in [0.1, 0.15) is 20.8 Å². The van der Waals surface area contributed by atoms with Crippen LogP contribution in [-0.2, 0) is 0 Å². The molecular formula is C4H10BrCl. The Morgan fingerprint density at radius 2 is 1.17 bits per heavy atom. The summed E-state index contributed by atoms with van der Waals surface area (Å²) >= 11 is 5.53. The number of alkyl halides is 1. The maximum Gasteiger partial charge on any atom is 0.0362 e. The highest BCUT2D eigenvalue weighted by molar-refractivity contribution is 8.93. The largest absolute Gasteiger partial charge is 0.120 e. The van der Waals surface area contributed by atoms with Crippen LogP contribution in [0.5, 0.6) is 0 Å². The van der Waals surface area contributed by atoms with Gasteiger partial charge in [-0.05, 0) is 20.8 Å². The van der Waals surface area contributed by atoms with E-state index in [0.717, 1.165) is 0 Å². The van der Waals surface area contributed by atoms with Gasteiger partial charge in [0.2, 0.25) is 0 Å². The van der Waals surface area contributed by atoms with Crippen molar-refractivity contribution in [1.82, 2.24) is 0 Å². The molecule has 0 saturated heterocycles. The highest BCUT2D eigenvalue weighted by Crippen LogP contribution is 2.07. The third kappa shape index (κ3) is 114. The molecule has 0 spiro atoms. The number of halogens is 2. The second-order valence-electron chi connectivity index (χ2n) is 2.07. The van der Waals surface area contributed by atoms with Gasteiger partial charge in [0.05, 0.1) is 0 Å². The second-order valence-corrected chi connectivity index (χ2v) is 3.20. The number of rotatable bonds is 0. The van der Waals surface area contributed by atoms with Crippen LogP contribution in [0.3, 0.4) is 0 Å². The lowest BCUT2D eigenvalue weighted by molar-refractivity contribution is 0.788. The number of hydrogen-bond acceptors (Lipinski definition) is 0. The Hall–Kier alpha value is 0.770. The molecule has 0 N–H and O–H groups in total. The molecule has 40 valence electrons. The molecule has 0 rings (SSSR count). The second kappa shape index (κ2) is 2.86. The normalized spacial score (nSPS) is 10.0. The van der Waals surface area contributed by atoms with E-state index >= 15 is 0 Å². The fraction of sp³-hybridized carbons (Fsp3) is 1.00. The Labute approximate surface area is 54.7 Å². The molecule has 0 aromatic rings. The van der Waals surface area contributed by atoms with Gasteiger partial charge in [-0.15, -0.1) is 28.6 Å². The van der Waals surface area contributed by atoms with E-state index in [2.05, 4.69) is 0 Å². The zero-order valence-electron chi connectivity index (χ0n) is 4.29. The Morgan fingerprint density at radius 3 is 1.17 bits per heavy atom. The fourth-order valence-corrected chi connectivity index (χ4v) is 0. The summed E-state index contributed by atoms with van der Waals surface area (Å²) in [6, 6.07) is 0. The van der Waals surface area contributed by atoms with Crippen LogP contribution >= 0.6 is 28.6 Å². The number of hydrogen-bond donors (Lipinski definition) is 0. The zero-order valence-corrected chi connectivity index (χ0v) is 6.76. The van der Waals surface area contributed by atoms with Crippen molar-refractivity contribution >= 4 is 28.6 Å². The van der Waals surface area contributed by atoms with Gasteiger partial charge in [-0.2, -0.15) is 0 Å². The minimum absolute atomic E-state index is 0. The SMILES string of the molecule is Br.CC(C)(C)Cl. The first-order valence-electron chi connectivity index (χ1n) is 1.69. The van der Waals surface area contributed by atoms with Gasteiger partial charge < -0.3 is 0 Å². The van der Waals surface area contributed by atoms with Crippen molar-refractivity contribution in [1.29, 1.82) is 0 Å². The van der Waals surface area contributed by atoms with Gasteiger partial charge >= 0.3 is 0 Å². The highest BCUT2D eigenvalue weighted by atomic mass is 79.9. The Morgan fingerprint density at radius 1 is 1.17 bits per heavy atom. The summed E-state index contributed by atoms with van der Waals surface area (Å²) in [5, 5.41) is 0. The smallest absolute Gasteiger partial charge is 0.0362 e. The molecule has 0 bridgehead atoms. The Bertz CT molecular complexity index is 23.0. The standard InChI is InChI=1S/C4H9Cl.BrH/c1-4(2,3)5;/h1-3H3;1H. The van der Waals surface area contributed by atoms with E-state index < -0.39 is 0 Å². The van der Waals surface area contributed by atoms with Crippen molar-refractivity contribution in [2.45, 2.75) is 25.6 Å². The summed E-state index contributed by atoms with van der Waals surface area (Å²) in [4.78, 5) is -0.0278. The van der Waals surface area contributed by atoms with Crippen LogP contribution in [0, 0.1) is 0 Å². The first-order chi connectivity index (χ1) is 2.00. The van der Waals surface area contributed by atoms with E-state index in [4.69, 9.17) is 11.6 Å². The average molecular weight is 173 g/mol. The molecule has 0 unspecified atom stereocenters.